The number of hydrogen-bond acceptors (Lipinski definition) is 2. The molecule has 8 aromatic carbocycles. The predicted molar refractivity (Wildman–Crippen MR) is 224 cm³/mol. The first kappa shape index (κ1) is 30.7. The van der Waals surface area contributed by atoms with Gasteiger partial charge in [0.15, 0.2) is 0 Å². The van der Waals surface area contributed by atoms with Crippen molar-refractivity contribution in [2.75, 3.05) is 0 Å². The zero-order chi connectivity index (χ0) is 36.6. The highest BCUT2D eigenvalue weighted by atomic mass is 15.0. The summed E-state index contributed by atoms with van der Waals surface area (Å²) in [6.07, 6.45) is 0. The molecule has 3 heterocycles. The van der Waals surface area contributed by atoms with Crippen molar-refractivity contribution in [1.82, 2.24) is 13.7 Å². The smallest absolute Gasteiger partial charge is 0.101 e. The molecule has 0 bridgehead atoms. The molecule has 0 fully saturated rings. The molecule has 0 aliphatic rings. The summed E-state index contributed by atoms with van der Waals surface area (Å²) in [6.45, 7) is 0. The largest absolute Gasteiger partial charge is 0.309 e. The number of hydrogen-bond donors (Lipinski definition) is 0. The van der Waals surface area contributed by atoms with Crippen LogP contribution >= 0.6 is 0 Å². The van der Waals surface area contributed by atoms with Crippen LogP contribution in [-0.4, -0.2) is 13.7 Å². The fourth-order valence-electron chi connectivity index (χ4n) is 8.76. The van der Waals surface area contributed by atoms with Gasteiger partial charge in [-0.15, -0.1) is 0 Å². The fourth-order valence-corrected chi connectivity index (χ4v) is 8.76. The molecule has 5 heteroatoms. The Morgan fingerprint density at radius 3 is 1.36 bits per heavy atom. The number of nitriles is 2. The molecule has 11 rings (SSSR count). The van der Waals surface area contributed by atoms with E-state index in [1.807, 2.05) is 30.3 Å². The Kier molecular flexibility index (Phi) is 6.61. The predicted octanol–water partition coefficient (Wildman–Crippen LogP) is 12.4. The molecular formula is C50H29N5. The van der Waals surface area contributed by atoms with Gasteiger partial charge in [-0.25, -0.2) is 0 Å². The summed E-state index contributed by atoms with van der Waals surface area (Å²) in [4.78, 5) is 0. The molecular weight excluding hydrogens is 671 g/mol. The Bertz CT molecular complexity index is 3350. The van der Waals surface area contributed by atoms with E-state index in [2.05, 4.69) is 171 Å². The molecule has 0 radical (unpaired) electrons. The van der Waals surface area contributed by atoms with Crippen molar-refractivity contribution in [3.05, 3.63) is 187 Å². The molecule has 55 heavy (non-hydrogen) atoms. The molecule has 254 valence electrons. The van der Waals surface area contributed by atoms with Crippen LogP contribution in [-0.2, 0) is 0 Å². The van der Waals surface area contributed by atoms with Gasteiger partial charge in [-0.05, 0) is 84.4 Å². The van der Waals surface area contributed by atoms with Gasteiger partial charge in [0.1, 0.15) is 6.07 Å². The van der Waals surface area contributed by atoms with Gasteiger partial charge >= 0.3 is 0 Å². The summed E-state index contributed by atoms with van der Waals surface area (Å²) in [7, 11) is 0. The van der Waals surface area contributed by atoms with Crippen molar-refractivity contribution in [3.8, 4) is 40.3 Å². The van der Waals surface area contributed by atoms with E-state index in [-0.39, 0.29) is 0 Å². The molecule has 5 nitrogen and oxygen atoms in total. The van der Waals surface area contributed by atoms with E-state index in [0.717, 1.165) is 72.1 Å². The van der Waals surface area contributed by atoms with Crippen molar-refractivity contribution < 1.29 is 0 Å². The quantitative estimate of drug-likeness (QED) is 0.184. The van der Waals surface area contributed by atoms with Gasteiger partial charge in [-0.1, -0.05) is 97.1 Å². The van der Waals surface area contributed by atoms with Crippen LogP contribution in [0.1, 0.15) is 11.1 Å². The lowest BCUT2D eigenvalue weighted by atomic mass is 9.99. The number of aromatic nitrogens is 3. The number of rotatable bonds is 4. The van der Waals surface area contributed by atoms with Gasteiger partial charge in [0.2, 0.25) is 0 Å². The monoisotopic (exact) mass is 699 g/mol. The van der Waals surface area contributed by atoms with Gasteiger partial charge in [0.05, 0.1) is 56.0 Å². The molecule has 0 aliphatic carbocycles. The number of benzene rings is 8. The SMILES string of the molecule is N#Cc1ccc2c(c1)c1cc(-n3c4ccccc4c4ccccc43)ccc1n2-c1c(C#N)cccc1-c1ccc(-n2c3ccccc3c3ccccc32)cc1. The summed E-state index contributed by atoms with van der Waals surface area (Å²) >= 11 is 0. The second kappa shape index (κ2) is 11.8. The minimum atomic E-state index is 0.568. The summed E-state index contributed by atoms with van der Waals surface area (Å²) in [5, 5.41) is 27.5. The average Bonchev–Trinajstić information content (AvgIpc) is 3.88. The summed E-state index contributed by atoms with van der Waals surface area (Å²) < 4.78 is 6.83. The maximum atomic E-state index is 10.6. The van der Waals surface area contributed by atoms with E-state index in [1.54, 1.807) is 0 Å². The van der Waals surface area contributed by atoms with E-state index < -0.39 is 0 Å². The van der Waals surface area contributed by atoms with Gasteiger partial charge < -0.3 is 13.7 Å². The lowest BCUT2D eigenvalue weighted by Gasteiger charge is -2.17. The van der Waals surface area contributed by atoms with Crippen molar-refractivity contribution in [1.29, 1.82) is 10.5 Å². The summed E-state index contributed by atoms with van der Waals surface area (Å²) in [6, 6.07) is 65.9. The zero-order valence-electron chi connectivity index (χ0n) is 29.5. The third kappa shape index (κ3) is 4.45. The maximum absolute atomic E-state index is 10.6. The van der Waals surface area contributed by atoms with E-state index in [1.165, 1.54) is 21.5 Å². The van der Waals surface area contributed by atoms with E-state index in [0.29, 0.717) is 11.1 Å². The second-order valence-electron chi connectivity index (χ2n) is 14.0. The topological polar surface area (TPSA) is 62.4 Å². The zero-order valence-corrected chi connectivity index (χ0v) is 29.5. The van der Waals surface area contributed by atoms with Crippen molar-refractivity contribution >= 4 is 65.4 Å². The van der Waals surface area contributed by atoms with Crippen molar-refractivity contribution in [3.63, 3.8) is 0 Å². The van der Waals surface area contributed by atoms with Crippen LogP contribution in [0.15, 0.2) is 176 Å². The van der Waals surface area contributed by atoms with Crippen molar-refractivity contribution in [2.24, 2.45) is 0 Å². The highest BCUT2D eigenvalue weighted by molar-refractivity contribution is 6.13. The lowest BCUT2D eigenvalue weighted by molar-refractivity contribution is 1.16. The third-order valence-corrected chi connectivity index (χ3v) is 11.1. The van der Waals surface area contributed by atoms with Crippen molar-refractivity contribution in [2.45, 2.75) is 0 Å². The Morgan fingerprint density at radius 1 is 0.345 bits per heavy atom. The van der Waals surface area contributed by atoms with Crippen LogP contribution in [0.4, 0.5) is 0 Å². The highest BCUT2D eigenvalue weighted by Gasteiger charge is 2.21. The van der Waals surface area contributed by atoms with Gasteiger partial charge in [0.25, 0.3) is 0 Å². The Hall–Kier alpha value is -7.86. The molecule has 0 N–H and O–H groups in total. The molecule has 0 saturated heterocycles. The molecule has 11 aromatic rings. The normalized spacial score (nSPS) is 11.6. The summed E-state index contributed by atoms with van der Waals surface area (Å²) in [5.74, 6) is 0. The van der Waals surface area contributed by atoms with Crippen LogP contribution in [0.25, 0.3) is 93.6 Å². The first-order valence-corrected chi connectivity index (χ1v) is 18.3. The average molecular weight is 700 g/mol. The molecule has 0 spiro atoms. The lowest BCUT2D eigenvalue weighted by Crippen LogP contribution is -2.01. The first-order chi connectivity index (χ1) is 27.2. The number of nitrogens with zero attached hydrogens (tertiary/aromatic N) is 5. The first-order valence-electron chi connectivity index (χ1n) is 18.3. The second-order valence-corrected chi connectivity index (χ2v) is 14.0. The minimum Gasteiger partial charge on any atom is -0.309 e. The van der Waals surface area contributed by atoms with Gasteiger partial charge in [0, 0.05) is 49.3 Å². The number of fused-ring (bicyclic) bond motifs is 9. The van der Waals surface area contributed by atoms with Crippen LogP contribution in [0.5, 0.6) is 0 Å². The molecule has 3 aromatic heterocycles. The maximum Gasteiger partial charge on any atom is 0.101 e. The summed E-state index contributed by atoms with van der Waals surface area (Å²) in [5.41, 5.74) is 12.5. The van der Waals surface area contributed by atoms with E-state index in [9.17, 15) is 10.5 Å². The standard InChI is InChI=1S/C50H29N5/c51-30-32-20-26-48-42(28-32)43-29-36(54-46-18-7-3-13-40(46)41-14-4-8-19-47(41)54)25-27-49(43)55(48)50-34(31-52)10-9-15-37(50)33-21-23-35(24-22-33)53-44-16-5-1-11-38(44)39-12-2-6-17-45(39)53/h1-29H. The van der Waals surface area contributed by atoms with Gasteiger partial charge in [-0.3, -0.25) is 0 Å². The van der Waals surface area contributed by atoms with Gasteiger partial charge in [-0.2, -0.15) is 10.5 Å². The molecule has 0 saturated carbocycles. The Labute approximate surface area is 316 Å². The van der Waals surface area contributed by atoms with Crippen LogP contribution < -0.4 is 0 Å². The van der Waals surface area contributed by atoms with E-state index in [4.69, 9.17) is 0 Å². The van der Waals surface area contributed by atoms with E-state index >= 15 is 0 Å². The molecule has 0 unspecified atom stereocenters. The molecule has 0 aliphatic heterocycles. The fraction of sp³-hybridized carbons (Fsp3) is 0. The van der Waals surface area contributed by atoms with Crippen LogP contribution in [0.2, 0.25) is 0 Å². The highest BCUT2D eigenvalue weighted by Crippen LogP contribution is 2.41. The minimum absolute atomic E-state index is 0.568. The Balaban J connectivity index is 1.14. The van der Waals surface area contributed by atoms with Crippen LogP contribution in [0.3, 0.4) is 0 Å². The van der Waals surface area contributed by atoms with Crippen LogP contribution in [0, 0.1) is 22.7 Å². The Morgan fingerprint density at radius 2 is 0.818 bits per heavy atom. The number of para-hydroxylation sites is 5. The third-order valence-electron chi connectivity index (χ3n) is 11.1. The molecule has 0 amide bonds. The molecule has 0 atom stereocenters.